The Kier molecular flexibility index (Phi) is 11.0. The topological polar surface area (TPSA) is 33.0 Å². The van der Waals surface area contributed by atoms with Gasteiger partial charge in [0.1, 0.15) is 5.75 Å². The number of benzene rings is 2. The summed E-state index contributed by atoms with van der Waals surface area (Å²) in [6.07, 6.45) is 16.9. The van der Waals surface area contributed by atoms with Crippen molar-refractivity contribution in [3.05, 3.63) is 54.1 Å². The van der Waals surface area contributed by atoms with Gasteiger partial charge in [-0.05, 0) is 73.3 Å². The first kappa shape index (κ1) is 26.3. The van der Waals surface area contributed by atoms with Crippen LogP contribution < -0.4 is 4.74 Å². The Labute approximate surface area is 208 Å². The second kappa shape index (κ2) is 14.2. The zero-order valence-electron chi connectivity index (χ0n) is 21.7. The van der Waals surface area contributed by atoms with Crippen LogP contribution in [-0.4, -0.2) is 6.61 Å². The molecule has 34 heavy (non-hydrogen) atoms. The molecule has 0 amide bonds. The predicted octanol–water partition coefficient (Wildman–Crippen LogP) is 9.84. The van der Waals surface area contributed by atoms with E-state index in [1.54, 1.807) is 0 Å². The quantitative estimate of drug-likeness (QED) is 0.263. The molecule has 0 atom stereocenters. The SMILES string of the molecule is CCCCCCCOc1ccc(-c2ccc(C3CCC(C#N)(CCCCCC)CC3)cc2)cc1. The maximum atomic E-state index is 9.87. The van der Waals surface area contributed by atoms with Crippen LogP contribution in [0.1, 0.15) is 115 Å². The summed E-state index contributed by atoms with van der Waals surface area (Å²) >= 11 is 0. The van der Waals surface area contributed by atoms with E-state index in [-0.39, 0.29) is 5.41 Å². The molecule has 184 valence electrons. The molecule has 0 saturated heterocycles. The van der Waals surface area contributed by atoms with E-state index in [2.05, 4.69) is 68.4 Å². The molecule has 0 unspecified atom stereocenters. The fourth-order valence-electron chi connectivity index (χ4n) is 5.40. The molecular weight excluding hydrogens is 414 g/mol. The Morgan fingerprint density at radius 2 is 1.32 bits per heavy atom. The summed E-state index contributed by atoms with van der Waals surface area (Å²) < 4.78 is 5.92. The van der Waals surface area contributed by atoms with Crippen molar-refractivity contribution in [2.45, 2.75) is 110 Å². The van der Waals surface area contributed by atoms with Crippen molar-refractivity contribution >= 4 is 0 Å². The van der Waals surface area contributed by atoms with Crippen molar-refractivity contribution in [1.29, 1.82) is 5.26 Å². The highest BCUT2D eigenvalue weighted by atomic mass is 16.5. The van der Waals surface area contributed by atoms with Gasteiger partial charge < -0.3 is 4.74 Å². The van der Waals surface area contributed by atoms with Crippen LogP contribution in [0.4, 0.5) is 0 Å². The van der Waals surface area contributed by atoms with Gasteiger partial charge in [0.2, 0.25) is 0 Å². The number of hydrogen-bond donors (Lipinski definition) is 0. The first-order valence-corrected chi connectivity index (χ1v) is 13.9. The standard InChI is InChI=1S/C32H45NO/c1-3-5-7-9-11-25-34-31-18-16-29(17-19-31)27-12-14-28(15-13-27)30-20-23-32(26-33,24-21-30)22-10-8-6-4-2/h12-19,30H,3-11,20-25H2,1-2H3. The van der Waals surface area contributed by atoms with Crippen molar-refractivity contribution in [2.24, 2.45) is 5.41 Å². The minimum absolute atomic E-state index is 0.0660. The molecule has 0 aromatic heterocycles. The van der Waals surface area contributed by atoms with Crippen LogP contribution >= 0.6 is 0 Å². The number of ether oxygens (including phenoxy) is 1. The molecule has 0 aliphatic heterocycles. The minimum atomic E-state index is -0.0660. The summed E-state index contributed by atoms with van der Waals surface area (Å²) in [5.74, 6) is 1.56. The fourth-order valence-corrected chi connectivity index (χ4v) is 5.40. The lowest BCUT2D eigenvalue weighted by Gasteiger charge is -2.35. The Bertz CT molecular complexity index is 853. The van der Waals surface area contributed by atoms with Crippen molar-refractivity contribution < 1.29 is 4.74 Å². The lowest BCUT2D eigenvalue weighted by atomic mass is 9.67. The molecule has 2 nitrogen and oxygen atoms in total. The third kappa shape index (κ3) is 7.90. The highest BCUT2D eigenvalue weighted by Crippen LogP contribution is 2.45. The highest BCUT2D eigenvalue weighted by Gasteiger charge is 2.35. The number of nitrogens with zero attached hydrogens (tertiary/aromatic N) is 1. The normalized spacial score (nSPS) is 20.1. The van der Waals surface area contributed by atoms with Crippen LogP contribution in [0.5, 0.6) is 5.75 Å². The van der Waals surface area contributed by atoms with E-state index in [4.69, 9.17) is 4.74 Å². The fraction of sp³-hybridized carbons (Fsp3) is 0.594. The second-order valence-electron chi connectivity index (χ2n) is 10.4. The molecule has 0 N–H and O–H groups in total. The van der Waals surface area contributed by atoms with Gasteiger partial charge in [0.25, 0.3) is 0 Å². The highest BCUT2D eigenvalue weighted by molar-refractivity contribution is 5.64. The van der Waals surface area contributed by atoms with Crippen molar-refractivity contribution in [3.8, 4) is 22.9 Å². The van der Waals surface area contributed by atoms with Crippen LogP contribution in [-0.2, 0) is 0 Å². The van der Waals surface area contributed by atoms with E-state index in [1.807, 2.05) is 0 Å². The van der Waals surface area contributed by atoms with Crippen molar-refractivity contribution in [1.82, 2.24) is 0 Å². The summed E-state index contributed by atoms with van der Waals surface area (Å²) in [4.78, 5) is 0. The van der Waals surface area contributed by atoms with Gasteiger partial charge in [0.15, 0.2) is 0 Å². The van der Waals surface area contributed by atoms with Gasteiger partial charge in [-0.1, -0.05) is 102 Å². The first-order chi connectivity index (χ1) is 16.7. The third-order valence-corrected chi connectivity index (χ3v) is 7.78. The summed E-state index contributed by atoms with van der Waals surface area (Å²) in [7, 11) is 0. The van der Waals surface area contributed by atoms with E-state index < -0.39 is 0 Å². The molecule has 1 aliphatic carbocycles. The van der Waals surface area contributed by atoms with Crippen LogP contribution in [0.15, 0.2) is 48.5 Å². The van der Waals surface area contributed by atoms with Crippen LogP contribution in [0.3, 0.4) is 0 Å². The lowest BCUT2D eigenvalue weighted by Crippen LogP contribution is -2.25. The lowest BCUT2D eigenvalue weighted by molar-refractivity contribution is 0.223. The maximum Gasteiger partial charge on any atom is 0.119 e. The van der Waals surface area contributed by atoms with Crippen LogP contribution in [0, 0.1) is 16.7 Å². The smallest absolute Gasteiger partial charge is 0.119 e. The molecule has 2 aromatic rings. The van der Waals surface area contributed by atoms with Gasteiger partial charge in [0, 0.05) is 0 Å². The number of hydrogen-bond acceptors (Lipinski definition) is 2. The van der Waals surface area contributed by atoms with Crippen LogP contribution in [0.25, 0.3) is 11.1 Å². The minimum Gasteiger partial charge on any atom is -0.494 e. The van der Waals surface area contributed by atoms with Gasteiger partial charge in [-0.3, -0.25) is 0 Å². The van der Waals surface area contributed by atoms with E-state index in [0.717, 1.165) is 50.9 Å². The van der Waals surface area contributed by atoms with Gasteiger partial charge in [-0.25, -0.2) is 0 Å². The zero-order valence-corrected chi connectivity index (χ0v) is 21.7. The summed E-state index contributed by atoms with van der Waals surface area (Å²) in [5.41, 5.74) is 3.86. The van der Waals surface area contributed by atoms with E-state index in [1.165, 1.54) is 68.1 Å². The molecule has 1 saturated carbocycles. The van der Waals surface area contributed by atoms with Gasteiger partial charge in [0.05, 0.1) is 18.1 Å². The predicted molar refractivity (Wildman–Crippen MR) is 144 cm³/mol. The second-order valence-corrected chi connectivity index (χ2v) is 10.4. The largest absolute Gasteiger partial charge is 0.494 e. The average Bonchev–Trinajstić information content (AvgIpc) is 2.89. The van der Waals surface area contributed by atoms with E-state index in [0.29, 0.717) is 5.92 Å². The summed E-state index contributed by atoms with van der Waals surface area (Å²) in [6.45, 7) is 5.31. The molecule has 0 radical (unpaired) electrons. The van der Waals surface area contributed by atoms with Crippen molar-refractivity contribution in [2.75, 3.05) is 6.61 Å². The molecular formula is C32H45NO. The summed E-state index contributed by atoms with van der Waals surface area (Å²) in [6, 6.07) is 20.4. The molecule has 0 heterocycles. The van der Waals surface area contributed by atoms with Crippen molar-refractivity contribution in [3.63, 3.8) is 0 Å². The van der Waals surface area contributed by atoms with Crippen LogP contribution in [0.2, 0.25) is 0 Å². The summed E-state index contributed by atoms with van der Waals surface area (Å²) in [5, 5.41) is 9.87. The molecule has 0 spiro atoms. The molecule has 2 heteroatoms. The maximum absolute atomic E-state index is 9.87. The average molecular weight is 460 g/mol. The Balaban J connectivity index is 1.47. The monoisotopic (exact) mass is 459 g/mol. The van der Waals surface area contributed by atoms with Gasteiger partial charge >= 0.3 is 0 Å². The molecule has 0 bridgehead atoms. The Morgan fingerprint density at radius 3 is 1.91 bits per heavy atom. The molecule has 3 rings (SSSR count). The molecule has 2 aromatic carbocycles. The Hall–Kier alpha value is -2.27. The number of unbranched alkanes of at least 4 members (excludes halogenated alkanes) is 7. The van der Waals surface area contributed by atoms with E-state index in [9.17, 15) is 5.26 Å². The van der Waals surface area contributed by atoms with Gasteiger partial charge in [-0.2, -0.15) is 5.26 Å². The zero-order chi connectivity index (χ0) is 24.1. The molecule has 1 fully saturated rings. The van der Waals surface area contributed by atoms with E-state index >= 15 is 0 Å². The third-order valence-electron chi connectivity index (χ3n) is 7.78. The first-order valence-electron chi connectivity index (χ1n) is 13.9. The number of nitriles is 1. The molecule has 1 aliphatic rings. The van der Waals surface area contributed by atoms with Gasteiger partial charge in [-0.15, -0.1) is 0 Å². The number of rotatable bonds is 14. The Morgan fingerprint density at radius 1 is 0.765 bits per heavy atom.